The zero-order valence-corrected chi connectivity index (χ0v) is 13.6. The second kappa shape index (κ2) is 6.63. The zero-order valence-electron chi connectivity index (χ0n) is 12.8. The summed E-state index contributed by atoms with van der Waals surface area (Å²) in [4.78, 5) is 3.07. The molecule has 0 bridgehead atoms. The Labute approximate surface area is 131 Å². The third kappa shape index (κ3) is 3.14. The molecule has 2 nitrogen and oxygen atoms in total. The van der Waals surface area contributed by atoms with Crippen LogP contribution < -0.4 is 10.1 Å². The number of para-hydroxylation sites is 1. The fraction of sp³-hybridized carbons (Fsp3) is 0.444. The summed E-state index contributed by atoms with van der Waals surface area (Å²) in [6.07, 6.45) is 4.96. The maximum atomic E-state index is 5.49. The van der Waals surface area contributed by atoms with Crippen LogP contribution in [0.1, 0.15) is 46.7 Å². The van der Waals surface area contributed by atoms with Crippen molar-refractivity contribution in [3.05, 3.63) is 51.2 Å². The summed E-state index contributed by atoms with van der Waals surface area (Å²) in [5, 5.41) is 3.70. The van der Waals surface area contributed by atoms with Crippen molar-refractivity contribution < 1.29 is 4.74 Å². The monoisotopic (exact) mass is 301 g/mol. The molecule has 3 heteroatoms. The zero-order chi connectivity index (χ0) is 14.7. The average Bonchev–Trinajstić information content (AvgIpc) is 3.09. The molecule has 2 aromatic rings. The third-order valence-corrected chi connectivity index (χ3v) is 5.48. The van der Waals surface area contributed by atoms with Gasteiger partial charge in [0.25, 0.3) is 0 Å². The standard InChI is InChI=1S/C18H23NOS/c1-3-16(15-8-4-5-9-17(15)20-2)19-12-14-11-13-7-6-10-18(13)21-14/h4-5,8-9,11,16,19H,3,6-7,10,12H2,1-2H3. The van der Waals surface area contributed by atoms with Crippen LogP contribution in [0.3, 0.4) is 0 Å². The molecule has 1 aromatic heterocycles. The lowest BCUT2D eigenvalue weighted by atomic mass is 10.0. The van der Waals surface area contributed by atoms with Gasteiger partial charge < -0.3 is 10.1 Å². The lowest BCUT2D eigenvalue weighted by Crippen LogP contribution is -2.20. The number of hydrogen-bond acceptors (Lipinski definition) is 3. The molecule has 0 aliphatic heterocycles. The van der Waals surface area contributed by atoms with E-state index in [0.29, 0.717) is 6.04 Å². The molecule has 0 spiro atoms. The Bertz CT molecular complexity index is 584. The molecule has 1 aliphatic rings. The molecule has 0 saturated heterocycles. The van der Waals surface area contributed by atoms with Crippen molar-refractivity contribution in [1.29, 1.82) is 0 Å². The van der Waals surface area contributed by atoms with Gasteiger partial charge in [-0.2, -0.15) is 0 Å². The largest absolute Gasteiger partial charge is 0.496 e. The van der Waals surface area contributed by atoms with E-state index >= 15 is 0 Å². The number of fused-ring (bicyclic) bond motifs is 1. The Hall–Kier alpha value is -1.32. The molecule has 1 aromatic carbocycles. The first kappa shape index (κ1) is 14.6. The smallest absolute Gasteiger partial charge is 0.123 e. The molecular formula is C18H23NOS. The number of aryl methyl sites for hydroxylation is 2. The van der Waals surface area contributed by atoms with Crippen molar-refractivity contribution in [2.75, 3.05) is 7.11 Å². The summed E-state index contributed by atoms with van der Waals surface area (Å²) in [5.41, 5.74) is 2.84. The molecule has 3 rings (SSSR count). The van der Waals surface area contributed by atoms with Gasteiger partial charge in [-0.05, 0) is 43.4 Å². The maximum absolute atomic E-state index is 5.49. The Kier molecular flexibility index (Phi) is 4.61. The van der Waals surface area contributed by atoms with E-state index in [2.05, 4.69) is 30.4 Å². The fourth-order valence-corrected chi connectivity index (χ4v) is 4.34. The van der Waals surface area contributed by atoms with Gasteiger partial charge in [0, 0.05) is 27.9 Å². The minimum atomic E-state index is 0.345. The van der Waals surface area contributed by atoms with Crippen LogP contribution >= 0.6 is 11.3 Å². The van der Waals surface area contributed by atoms with Crippen LogP contribution in [0.4, 0.5) is 0 Å². The van der Waals surface area contributed by atoms with Gasteiger partial charge >= 0.3 is 0 Å². The van der Waals surface area contributed by atoms with Crippen LogP contribution in [-0.4, -0.2) is 7.11 Å². The molecule has 1 aliphatic carbocycles. The lowest BCUT2D eigenvalue weighted by Gasteiger charge is -2.19. The van der Waals surface area contributed by atoms with Crippen molar-refractivity contribution in [3.8, 4) is 5.75 Å². The average molecular weight is 301 g/mol. The molecule has 0 saturated carbocycles. The van der Waals surface area contributed by atoms with Gasteiger partial charge in [0.15, 0.2) is 0 Å². The summed E-state index contributed by atoms with van der Waals surface area (Å²) in [6, 6.07) is 11.1. The van der Waals surface area contributed by atoms with Crippen LogP contribution in [0.25, 0.3) is 0 Å². The topological polar surface area (TPSA) is 21.3 Å². The number of ether oxygens (including phenoxy) is 1. The fourth-order valence-electron chi connectivity index (χ4n) is 3.13. The summed E-state index contributed by atoms with van der Waals surface area (Å²) in [7, 11) is 1.75. The molecule has 1 heterocycles. The molecule has 0 amide bonds. The van der Waals surface area contributed by atoms with Crippen molar-refractivity contribution in [3.63, 3.8) is 0 Å². The Morgan fingerprint density at radius 3 is 2.90 bits per heavy atom. The van der Waals surface area contributed by atoms with Gasteiger partial charge in [-0.3, -0.25) is 0 Å². The molecule has 0 fully saturated rings. The van der Waals surface area contributed by atoms with Gasteiger partial charge in [-0.15, -0.1) is 11.3 Å². The van der Waals surface area contributed by atoms with E-state index in [1.54, 1.807) is 17.6 Å². The summed E-state index contributed by atoms with van der Waals surface area (Å²) < 4.78 is 5.49. The van der Waals surface area contributed by atoms with Crippen LogP contribution in [-0.2, 0) is 19.4 Å². The number of rotatable bonds is 6. The van der Waals surface area contributed by atoms with E-state index in [0.717, 1.165) is 18.7 Å². The quantitative estimate of drug-likeness (QED) is 0.849. The van der Waals surface area contributed by atoms with Gasteiger partial charge in [-0.25, -0.2) is 0 Å². The first-order valence-corrected chi connectivity index (χ1v) is 8.60. The molecule has 112 valence electrons. The number of nitrogens with one attached hydrogen (secondary N) is 1. The third-order valence-electron chi connectivity index (χ3n) is 4.24. The Balaban J connectivity index is 1.69. The molecule has 21 heavy (non-hydrogen) atoms. The number of benzene rings is 1. The molecule has 1 unspecified atom stereocenters. The highest BCUT2D eigenvalue weighted by Gasteiger charge is 2.17. The summed E-state index contributed by atoms with van der Waals surface area (Å²) in [5.74, 6) is 0.977. The Morgan fingerprint density at radius 1 is 1.29 bits per heavy atom. The minimum Gasteiger partial charge on any atom is -0.496 e. The highest BCUT2D eigenvalue weighted by Crippen LogP contribution is 2.32. The first-order chi connectivity index (χ1) is 10.3. The predicted octanol–water partition coefficient (Wildman–Crippen LogP) is 4.49. The minimum absolute atomic E-state index is 0.345. The molecule has 1 atom stereocenters. The van der Waals surface area contributed by atoms with Crippen molar-refractivity contribution in [2.24, 2.45) is 0 Å². The van der Waals surface area contributed by atoms with Crippen LogP contribution in [0.5, 0.6) is 5.75 Å². The van der Waals surface area contributed by atoms with E-state index in [9.17, 15) is 0 Å². The lowest BCUT2D eigenvalue weighted by molar-refractivity contribution is 0.396. The van der Waals surface area contributed by atoms with Crippen LogP contribution in [0.15, 0.2) is 30.3 Å². The molecule has 1 N–H and O–H groups in total. The van der Waals surface area contributed by atoms with Crippen LogP contribution in [0.2, 0.25) is 0 Å². The summed E-state index contributed by atoms with van der Waals surface area (Å²) >= 11 is 1.99. The highest BCUT2D eigenvalue weighted by atomic mass is 32.1. The van der Waals surface area contributed by atoms with E-state index in [1.165, 1.54) is 29.7 Å². The SMILES string of the molecule is CCC(NCc1cc2c(s1)CCC2)c1ccccc1OC. The summed E-state index contributed by atoms with van der Waals surface area (Å²) in [6.45, 7) is 3.17. The normalized spacial score (nSPS) is 15.0. The van der Waals surface area contributed by atoms with Crippen LogP contribution in [0, 0.1) is 0 Å². The van der Waals surface area contributed by atoms with Gasteiger partial charge in [-0.1, -0.05) is 25.1 Å². The van der Waals surface area contributed by atoms with E-state index in [4.69, 9.17) is 4.74 Å². The molecular weight excluding hydrogens is 278 g/mol. The van der Waals surface area contributed by atoms with E-state index < -0.39 is 0 Å². The van der Waals surface area contributed by atoms with Crippen molar-refractivity contribution in [2.45, 2.75) is 45.2 Å². The van der Waals surface area contributed by atoms with Gasteiger partial charge in [0.1, 0.15) is 5.75 Å². The maximum Gasteiger partial charge on any atom is 0.123 e. The van der Waals surface area contributed by atoms with Crippen molar-refractivity contribution in [1.82, 2.24) is 5.32 Å². The van der Waals surface area contributed by atoms with E-state index in [1.807, 2.05) is 23.5 Å². The first-order valence-electron chi connectivity index (χ1n) is 7.78. The van der Waals surface area contributed by atoms with E-state index in [-0.39, 0.29) is 0 Å². The highest BCUT2D eigenvalue weighted by molar-refractivity contribution is 7.12. The van der Waals surface area contributed by atoms with Gasteiger partial charge in [0.2, 0.25) is 0 Å². The second-order valence-corrected chi connectivity index (χ2v) is 6.82. The predicted molar refractivity (Wildman–Crippen MR) is 89.2 cm³/mol. The van der Waals surface area contributed by atoms with Crippen molar-refractivity contribution >= 4 is 11.3 Å². The number of methoxy groups -OCH3 is 1. The second-order valence-electron chi connectivity index (χ2n) is 5.60. The Morgan fingerprint density at radius 2 is 2.14 bits per heavy atom. The number of hydrogen-bond donors (Lipinski definition) is 1. The number of thiophene rings is 1. The molecule has 0 radical (unpaired) electrons. The van der Waals surface area contributed by atoms with Gasteiger partial charge in [0.05, 0.1) is 7.11 Å².